The number of rotatable bonds is 4. The second-order valence-electron chi connectivity index (χ2n) is 2.28. The van der Waals surface area contributed by atoms with Gasteiger partial charge >= 0.3 is 0 Å². The van der Waals surface area contributed by atoms with Crippen molar-refractivity contribution < 1.29 is 13.9 Å². The Hall–Kier alpha value is -1.16. The number of oxazole rings is 1. The minimum absolute atomic E-state index is 0.0420. The van der Waals surface area contributed by atoms with Crippen LogP contribution >= 0.6 is 0 Å². The van der Waals surface area contributed by atoms with Gasteiger partial charge in [-0.05, 0) is 13.8 Å². The fourth-order valence-electron chi connectivity index (χ4n) is 0.781. The molecule has 0 fully saturated rings. The van der Waals surface area contributed by atoms with Crippen molar-refractivity contribution >= 4 is 5.78 Å². The summed E-state index contributed by atoms with van der Waals surface area (Å²) >= 11 is 0. The predicted octanol–water partition coefficient (Wildman–Crippen LogP) is 1.00. The average Bonchev–Trinajstić information content (AvgIpc) is 2.47. The highest BCUT2D eigenvalue weighted by molar-refractivity contribution is 5.95. The summed E-state index contributed by atoms with van der Waals surface area (Å²) in [5.41, 5.74) is 0.555. The van der Waals surface area contributed by atoms with Crippen LogP contribution in [-0.2, 0) is 4.74 Å². The number of hydrogen-bond donors (Lipinski definition) is 0. The van der Waals surface area contributed by atoms with Gasteiger partial charge < -0.3 is 9.15 Å². The van der Waals surface area contributed by atoms with Gasteiger partial charge in [-0.2, -0.15) is 0 Å². The van der Waals surface area contributed by atoms with Crippen LogP contribution in [0.2, 0.25) is 0 Å². The maximum atomic E-state index is 11.2. The van der Waals surface area contributed by atoms with Gasteiger partial charge in [0.05, 0.1) is 5.69 Å². The Morgan fingerprint density at radius 3 is 3.00 bits per heavy atom. The smallest absolute Gasteiger partial charge is 0.284 e. The van der Waals surface area contributed by atoms with Crippen molar-refractivity contribution in [1.82, 2.24) is 4.98 Å². The molecule has 0 aliphatic rings. The van der Waals surface area contributed by atoms with E-state index >= 15 is 0 Å². The molecule has 0 spiro atoms. The van der Waals surface area contributed by atoms with Crippen LogP contribution in [-0.4, -0.2) is 24.0 Å². The Balaban J connectivity index is 2.59. The molecule has 65 valence electrons. The molecule has 4 nitrogen and oxygen atoms in total. The van der Waals surface area contributed by atoms with Crippen molar-refractivity contribution in [3.8, 4) is 0 Å². The molecule has 0 N–H and O–H groups in total. The molecule has 12 heavy (non-hydrogen) atoms. The summed E-state index contributed by atoms with van der Waals surface area (Å²) in [6.45, 7) is 4.08. The van der Waals surface area contributed by atoms with Crippen LogP contribution in [0.25, 0.3) is 0 Å². The maximum Gasteiger partial charge on any atom is 0.284 e. The summed E-state index contributed by atoms with van der Waals surface area (Å²) in [7, 11) is 0. The standard InChI is InChI=1S/C8H10NO3/c1-3-11-4-7(10)8-6(2)9-5-12-8/h3-4H2,1-2H3. The highest BCUT2D eigenvalue weighted by Crippen LogP contribution is 2.05. The van der Waals surface area contributed by atoms with E-state index in [-0.39, 0.29) is 18.2 Å². The summed E-state index contributed by atoms with van der Waals surface area (Å²) in [4.78, 5) is 14.9. The Labute approximate surface area is 70.5 Å². The van der Waals surface area contributed by atoms with Crippen molar-refractivity contribution in [2.75, 3.05) is 13.2 Å². The molecule has 1 radical (unpaired) electrons. The maximum absolute atomic E-state index is 11.2. The van der Waals surface area contributed by atoms with E-state index < -0.39 is 0 Å². The van der Waals surface area contributed by atoms with Crippen molar-refractivity contribution in [3.63, 3.8) is 0 Å². The molecule has 0 atom stereocenters. The first-order valence-corrected chi connectivity index (χ1v) is 3.70. The van der Waals surface area contributed by atoms with Gasteiger partial charge in [0.25, 0.3) is 6.39 Å². The lowest BCUT2D eigenvalue weighted by Gasteiger charge is -1.96. The molecule has 4 heteroatoms. The van der Waals surface area contributed by atoms with Crippen LogP contribution < -0.4 is 0 Å². The molecule has 0 saturated heterocycles. The van der Waals surface area contributed by atoms with E-state index in [0.717, 1.165) is 0 Å². The first-order valence-electron chi connectivity index (χ1n) is 3.70. The van der Waals surface area contributed by atoms with Crippen LogP contribution in [0, 0.1) is 13.3 Å². The van der Waals surface area contributed by atoms with Gasteiger partial charge in [0.15, 0.2) is 5.76 Å². The van der Waals surface area contributed by atoms with Gasteiger partial charge in [0.2, 0.25) is 5.78 Å². The number of aryl methyl sites for hydroxylation is 1. The average molecular weight is 168 g/mol. The SMILES string of the molecule is CCOCC(=O)c1o[c]nc1C. The van der Waals surface area contributed by atoms with E-state index in [1.807, 2.05) is 6.92 Å². The molecule has 1 heterocycles. The normalized spacial score (nSPS) is 10.2. The summed E-state index contributed by atoms with van der Waals surface area (Å²) < 4.78 is 9.68. The van der Waals surface area contributed by atoms with E-state index in [4.69, 9.17) is 9.15 Å². The van der Waals surface area contributed by atoms with Crippen molar-refractivity contribution in [2.45, 2.75) is 13.8 Å². The highest BCUT2D eigenvalue weighted by atomic mass is 16.5. The largest absolute Gasteiger partial charge is 0.429 e. The number of carbonyl (C=O) groups excluding carboxylic acids is 1. The van der Waals surface area contributed by atoms with Gasteiger partial charge in [-0.1, -0.05) is 0 Å². The van der Waals surface area contributed by atoms with Gasteiger partial charge in [-0.3, -0.25) is 4.79 Å². The van der Waals surface area contributed by atoms with Gasteiger partial charge in [-0.25, -0.2) is 4.98 Å². The Kier molecular flexibility index (Phi) is 2.99. The molecule has 0 aliphatic carbocycles. The van der Waals surface area contributed by atoms with Crippen LogP contribution in [0.5, 0.6) is 0 Å². The number of ketones is 1. The zero-order chi connectivity index (χ0) is 8.97. The summed E-state index contributed by atoms with van der Waals surface area (Å²) in [6, 6.07) is 0. The molecule has 0 unspecified atom stereocenters. The third-order valence-corrected chi connectivity index (χ3v) is 1.38. The number of ether oxygens (including phenoxy) is 1. The lowest BCUT2D eigenvalue weighted by Crippen LogP contribution is -2.09. The number of aromatic nitrogens is 1. The molecule has 0 saturated carbocycles. The third-order valence-electron chi connectivity index (χ3n) is 1.38. The quantitative estimate of drug-likeness (QED) is 0.629. The minimum Gasteiger partial charge on any atom is -0.429 e. The van der Waals surface area contributed by atoms with E-state index in [0.29, 0.717) is 12.3 Å². The van der Waals surface area contributed by atoms with Crippen LogP contribution in [0.1, 0.15) is 23.2 Å². The van der Waals surface area contributed by atoms with E-state index in [1.54, 1.807) is 6.92 Å². The molecule has 0 aromatic carbocycles. The zero-order valence-corrected chi connectivity index (χ0v) is 7.09. The van der Waals surface area contributed by atoms with Crippen molar-refractivity contribution in [2.24, 2.45) is 0 Å². The van der Waals surface area contributed by atoms with E-state index in [2.05, 4.69) is 11.4 Å². The fraction of sp³-hybridized carbons (Fsp3) is 0.500. The molecule has 0 aliphatic heterocycles. The third kappa shape index (κ3) is 1.92. The predicted molar refractivity (Wildman–Crippen MR) is 40.9 cm³/mol. The molecular formula is C8H10NO3. The Bertz CT molecular complexity index is 267. The second-order valence-corrected chi connectivity index (χ2v) is 2.28. The number of hydrogen-bond acceptors (Lipinski definition) is 4. The van der Waals surface area contributed by atoms with E-state index in [9.17, 15) is 4.79 Å². The molecule has 0 amide bonds. The summed E-state index contributed by atoms with van der Waals surface area (Å²) in [5.74, 6) is 0.0477. The van der Waals surface area contributed by atoms with Crippen LogP contribution in [0.3, 0.4) is 0 Å². The zero-order valence-electron chi connectivity index (χ0n) is 7.09. The first kappa shape index (κ1) is 8.93. The van der Waals surface area contributed by atoms with Gasteiger partial charge in [0, 0.05) is 6.61 Å². The number of nitrogens with zero attached hydrogens (tertiary/aromatic N) is 1. The lowest BCUT2D eigenvalue weighted by atomic mass is 10.3. The number of Topliss-reactive ketones (excluding diaryl/α,β-unsaturated/α-hetero) is 1. The minimum atomic E-state index is -0.192. The topological polar surface area (TPSA) is 52.3 Å². The fourth-order valence-corrected chi connectivity index (χ4v) is 0.781. The molecule has 1 aromatic heterocycles. The molecule has 0 bridgehead atoms. The van der Waals surface area contributed by atoms with Crippen LogP contribution in [0.4, 0.5) is 0 Å². The van der Waals surface area contributed by atoms with Crippen molar-refractivity contribution in [3.05, 3.63) is 17.8 Å². The Morgan fingerprint density at radius 1 is 1.75 bits per heavy atom. The van der Waals surface area contributed by atoms with Crippen LogP contribution in [0.15, 0.2) is 4.42 Å². The summed E-state index contributed by atoms with van der Waals surface area (Å²) in [5, 5.41) is 0. The van der Waals surface area contributed by atoms with Crippen molar-refractivity contribution in [1.29, 1.82) is 0 Å². The van der Waals surface area contributed by atoms with E-state index in [1.165, 1.54) is 0 Å². The lowest BCUT2D eigenvalue weighted by molar-refractivity contribution is 0.0755. The molecule has 1 aromatic rings. The Morgan fingerprint density at radius 2 is 2.50 bits per heavy atom. The summed E-state index contributed by atoms with van der Waals surface area (Å²) in [6.07, 6.45) is 2.25. The van der Waals surface area contributed by atoms with Gasteiger partial charge in [-0.15, -0.1) is 0 Å². The highest BCUT2D eigenvalue weighted by Gasteiger charge is 2.13. The monoisotopic (exact) mass is 168 g/mol. The molecule has 1 rings (SSSR count). The van der Waals surface area contributed by atoms with Gasteiger partial charge in [0.1, 0.15) is 6.61 Å². The number of carbonyl (C=O) groups is 1. The molecular weight excluding hydrogens is 158 g/mol. The first-order chi connectivity index (χ1) is 5.75. The second kappa shape index (κ2) is 4.01.